The van der Waals surface area contributed by atoms with Crippen LogP contribution in [0.3, 0.4) is 0 Å². The van der Waals surface area contributed by atoms with E-state index in [0.29, 0.717) is 6.04 Å². The lowest BCUT2D eigenvalue weighted by Gasteiger charge is -2.29. The van der Waals surface area contributed by atoms with Crippen LogP contribution >= 0.6 is 0 Å². The lowest BCUT2D eigenvalue weighted by atomic mass is 10.1. The second kappa shape index (κ2) is 9.12. The van der Waals surface area contributed by atoms with Gasteiger partial charge in [0.15, 0.2) is 0 Å². The summed E-state index contributed by atoms with van der Waals surface area (Å²) in [5, 5.41) is 0. The summed E-state index contributed by atoms with van der Waals surface area (Å²) in [5.74, 6) is 0. The summed E-state index contributed by atoms with van der Waals surface area (Å²) >= 11 is 0. The Morgan fingerprint density at radius 2 is 1.89 bits per heavy atom. The van der Waals surface area contributed by atoms with Crippen LogP contribution in [0, 0.1) is 0 Å². The molecule has 1 aromatic rings. The van der Waals surface area contributed by atoms with Crippen molar-refractivity contribution >= 4 is 0 Å². The zero-order valence-corrected chi connectivity index (χ0v) is 11.9. The smallest absolute Gasteiger partial charge is 0.0237 e. The van der Waals surface area contributed by atoms with Crippen molar-refractivity contribution in [3.05, 3.63) is 35.9 Å². The number of nitrogens with zero attached hydrogens (tertiary/aromatic N) is 1. The Morgan fingerprint density at radius 1 is 1.17 bits per heavy atom. The predicted octanol–water partition coefficient (Wildman–Crippen LogP) is 3.42. The Morgan fingerprint density at radius 3 is 2.50 bits per heavy atom. The van der Waals surface area contributed by atoms with E-state index in [1.165, 1.54) is 31.2 Å². The number of unbranched alkanes of at least 4 members (excludes halogenated alkanes) is 2. The molecule has 0 heterocycles. The second-order valence-corrected chi connectivity index (χ2v) is 5.09. The van der Waals surface area contributed by atoms with Crippen molar-refractivity contribution in [1.29, 1.82) is 0 Å². The SMILES string of the molecule is CCCCCC(C)N(CCN)Cc1ccccc1. The molecular weight excluding hydrogens is 220 g/mol. The van der Waals surface area contributed by atoms with Gasteiger partial charge in [-0.25, -0.2) is 0 Å². The highest BCUT2D eigenvalue weighted by Gasteiger charge is 2.12. The van der Waals surface area contributed by atoms with Gasteiger partial charge in [0.2, 0.25) is 0 Å². The Bertz CT molecular complexity index is 297. The summed E-state index contributed by atoms with van der Waals surface area (Å²) in [7, 11) is 0. The largest absolute Gasteiger partial charge is 0.329 e. The van der Waals surface area contributed by atoms with Gasteiger partial charge in [-0.1, -0.05) is 56.5 Å². The van der Waals surface area contributed by atoms with Crippen LogP contribution in [0.4, 0.5) is 0 Å². The molecule has 18 heavy (non-hydrogen) atoms. The topological polar surface area (TPSA) is 29.3 Å². The first-order valence-corrected chi connectivity index (χ1v) is 7.26. The maximum absolute atomic E-state index is 5.73. The van der Waals surface area contributed by atoms with Gasteiger partial charge in [0.05, 0.1) is 0 Å². The van der Waals surface area contributed by atoms with Gasteiger partial charge in [-0.2, -0.15) is 0 Å². The molecule has 0 fully saturated rings. The third kappa shape index (κ3) is 5.65. The third-order valence-corrected chi connectivity index (χ3v) is 3.49. The molecule has 0 aromatic heterocycles. The molecule has 0 aliphatic rings. The Kier molecular flexibility index (Phi) is 7.70. The standard InChI is InChI=1S/C16H28N2/c1-3-4-6-9-15(2)18(13-12-17)14-16-10-7-5-8-11-16/h5,7-8,10-11,15H,3-4,6,9,12-14,17H2,1-2H3. The van der Waals surface area contributed by atoms with Crippen molar-refractivity contribution in [2.24, 2.45) is 5.73 Å². The molecule has 0 saturated heterocycles. The number of benzene rings is 1. The Balaban J connectivity index is 2.48. The number of nitrogens with two attached hydrogens (primary N) is 1. The van der Waals surface area contributed by atoms with E-state index < -0.39 is 0 Å². The van der Waals surface area contributed by atoms with E-state index in [9.17, 15) is 0 Å². The van der Waals surface area contributed by atoms with Crippen molar-refractivity contribution < 1.29 is 0 Å². The molecule has 0 saturated carbocycles. The summed E-state index contributed by atoms with van der Waals surface area (Å²) in [4.78, 5) is 2.50. The summed E-state index contributed by atoms with van der Waals surface area (Å²) in [5.41, 5.74) is 7.12. The van der Waals surface area contributed by atoms with Gasteiger partial charge in [0.25, 0.3) is 0 Å². The van der Waals surface area contributed by atoms with Crippen LogP contribution in [0.5, 0.6) is 0 Å². The highest BCUT2D eigenvalue weighted by molar-refractivity contribution is 5.14. The van der Waals surface area contributed by atoms with Crippen LogP contribution in [-0.4, -0.2) is 24.0 Å². The van der Waals surface area contributed by atoms with E-state index in [1.807, 2.05) is 0 Å². The molecule has 2 heteroatoms. The monoisotopic (exact) mass is 248 g/mol. The van der Waals surface area contributed by atoms with E-state index in [0.717, 1.165) is 19.6 Å². The molecule has 1 aromatic carbocycles. The van der Waals surface area contributed by atoms with Gasteiger partial charge in [-0.05, 0) is 18.9 Å². The van der Waals surface area contributed by atoms with Crippen LogP contribution < -0.4 is 5.73 Å². The average Bonchev–Trinajstić information content (AvgIpc) is 2.39. The van der Waals surface area contributed by atoms with Crippen LogP contribution in [0.25, 0.3) is 0 Å². The maximum Gasteiger partial charge on any atom is 0.0237 e. The van der Waals surface area contributed by atoms with Crippen molar-refractivity contribution in [3.8, 4) is 0 Å². The number of rotatable bonds is 9. The van der Waals surface area contributed by atoms with Crippen LogP contribution in [0.15, 0.2) is 30.3 Å². The zero-order chi connectivity index (χ0) is 13.2. The highest BCUT2D eigenvalue weighted by atomic mass is 15.2. The zero-order valence-electron chi connectivity index (χ0n) is 11.9. The lowest BCUT2D eigenvalue weighted by Crippen LogP contribution is -2.36. The quantitative estimate of drug-likeness (QED) is 0.679. The van der Waals surface area contributed by atoms with Crippen molar-refractivity contribution in [3.63, 3.8) is 0 Å². The first-order valence-electron chi connectivity index (χ1n) is 7.26. The fourth-order valence-corrected chi connectivity index (χ4v) is 2.31. The van der Waals surface area contributed by atoms with Crippen LogP contribution in [-0.2, 0) is 6.54 Å². The molecule has 0 amide bonds. The van der Waals surface area contributed by atoms with Crippen molar-refractivity contribution in [2.75, 3.05) is 13.1 Å². The van der Waals surface area contributed by atoms with Gasteiger partial charge >= 0.3 is 0 Å². The van der Waals surface area contributed by atoms with E-state index >= 15 is 0 Å². The van der Waals surface area contributed by atoms with Crippen molar-refractivity contribution in [1.82, 2.24) is 4.90 Å². The molecule has 0 aliphatic carbocycles. The normalized spacial score (nSPS) is 12.9. The van der Waals surface area contributed by atoms with E-state index in [-0.39, 0.29) is 0 Å². The van der Waals surface area contributed by atoms with Gasteiger partial charge in [0, 0.05) is 25.7 Å². The summed E-state index contributed by atoms with van der Waals surface area (Å²) < 4.78 is 0. The van der Waals surface area contributed by atoms with Crippen LogP contribution in [0.1, 0.15) is 45.1 Å². The van der Waals surface area contributed by atoms with Gasteiger partial charge < -0.3 is 5.73 Å². The molecule has 0 spiro atoms. The van der Waals surface area contributed by atoms with Gasteiger partial charge in [-0.3, -0.25) is 4.90 Å². The molecule has 1 unspecified atom stereocenters. The molecule has 0 bridgehead atoms. The number of hydrogen-bond acceptors (Lipinski definition) is 2. The molecule has 0 aliphatic heterocycles. The lowest BCUT2D eigenvalue weighted by molar-refractivity contribution is 0.193. The number of hydrogen-bond donors (Lipinski definition) is 1. The predicted molar refractivity (Wildman–Crippen MR) is 79.5 cm³/mol. The van der Waals surface area contributed by atoms with Crippen molar-refractivity contribution in [2.45, 2.75) is 52.1 Å². The van der Waals surface area contributed by atoms with Gasteiger partial charge in [-0.15, -0.1) is 0 Å². The molecule has 1 rings (SSSR count). The van der Waals surface area contributed by atoms with E-state index in [1.54, 1.807) is 0 Å². The fourth-order valence-electron chi connectivity index (χ4n) is 2.31. The van der Waals surface area contributed by atoms with Crippen LogP contribution in [0.2, 0.25) is 0 Å². The fraction of sp³-hybridized carbons (Fsp3) is 0.625. The molecule has 2 N–H and O–H groups in total. The Labute approximate surface area is 112 Å². The molecule has 0 radical (unpaired) electrons. The van der Waals surface area contributed by atoms with Gasteiger partial charge in [0.1, 0.15) is 0 Å². The summed E-state index contributed by atoms with van der Waals surface area (Å²) in [6, 6.07) is 11.3. The highest BCUT2D eigenvalue weighted by Crippen LogP contribution is 2.13. The minimum atomic E-state index is 0.625. The minimum Gasteiger partial charge on any atom is -0.329 e. The summed E-state index contributed by atoms with van der Waals surface area (Å²) in [6.07, 6.45) is 5.24. The first-order chi connectivity index (χ1) is 8.77. The maximum atomic E-state index is 5.73. The van der Waals surface area contributed by atoms with E-state index in [4.69, 9.17) is 5.73 Å². The molecular formula is C16H28N2. The minimum absolute atomic E-state index is 0.625. The third-order valence-electron chi connectivity index (χ3n) is 3.49. The summed E-state index contributed by atoms with van der Waals surface area (Å²) in [6.45, 7) is 7.33. The molecule has 102 valence electrons. The Hall–Kier alpha value is -0.860. The average molecular weight is 248 g/mol. The molecule has 2 nitrogen and oxygen atoms in total. The second-order valence-electron chi connectivity index (χ2n) is 5.09. The molecule has 1 atom stereocenters. The van der Waals surface area contributed by atoms with E-state index in [2.05, 4.69) is 49.1 Å². The first kappa shape index (κ1) is 15.2.